The van der Waals surface area contributed by atoms with Crippen molar-refractivity contribution in [3.63, 3.8) is 0 Å². The summed E-state index contributed by atoms with van der Waals surface area (Å²) in [7, 11) is 0. The minimum atomic E-state index is -0.563. The van der Waals surface area contributed by atoms with Crippen molar-refractivity contribution < 1.29 is 4.79 Å². The Balaban J connectivity index is 3.46. The Hall–Kier alpha value is 0.120. The van der Waals surface area contributed by atoms with Crippen molar-refractivity contribution in [2.24, 2.45) is 11.5 Å². The van der Waals surface area contributed by atoms with Gasteiger partial charge in [0, 0.05) is 6.54 Å². The second kappa shape index (κ2) is 4.04. The zero-order chi connectivity index (χ0) is 6.57. The van der Waals surface area contributed by atoms with Gasteiger partial charge in [-0.25, -0.2) is 0 Å². The molecule has 0 bridgehead atoms. The maximum atomic E-state index is 10.4. The van der Waals surface area contributed by atoms with Gasteiger partial charge in [-0.1, -0.05) is 0 Å². The van der Waals surface area contributed by atoms with E-state index in [9.17, 15) is 4.79 Å². The Morgan fingerprint density at radius 1 is 1.88 bits per heavy atom. The van der Waals surface area contributed by atoms with E-state index in [1.807, 2.05) is 0 Å². The summed E-state index contributed by atoms with van der Waals surface area (Å²) < 4.78 is 2.34. The van der Waals surface area contributed by atoms with Gasteiger partial charge in [0.15, 0.2) is 0 Å². The third kappa shape index (κ3) is 2.43. The first kappa shape index (κ1) is 8.12. The first-order valence-corrected chi connectivity index (χ1v) is 3.16. The number of hydrogen-bond acceptors (Lipinski definition) is 3. The van der Waals surface area contributed by atoms with Crippen LogP contribution in [0.5, 0.6) is 0 Å². The highest BCUT2D eigenvalue weighted by Gasteiger charge is 2.07. The molecule has 0 fully saturated rings. The number of rotatable bonds is 2. The molecule has 8 heavy (non-hydrogen) atoms. The highest BCUT2D eigenvalue weighted by Crippen LogP contribution is 1.76. The SMILES string of the molecule is NC[C@H](N)C(=O)NI. The Bertz CT molecular complexity index is 86.6. The van der Waals surface area contributed by atoms with Gasteiger partial charge in [-0.2, -0.15) is 0 Å². The number of halogens is 1. The lowest BCUT2D eigenvalue weighted by atomic mass is 10.3. The fourth-order valence-corrected chi connectivity index (χ4v) is 0.577. The van der Waals surface area contributed by atoms with Crippen molar-refractivity contribution in [3.8, 4) is 0 Å². The molecule has 4 nitrogen and oxygen atoms in total. The van der Waals surface area contributed by atoms with Crippen LogP contribution >= 0.6 is 22.9 Å². The van der Waals surface area contributed by atoms with Crippen LogP contribution in [-0.2, 0) is 4.79 Å². The summed E-state index contributed by atoms with van der Waals surface area (Å²) in [5, 5.41) is 0. The van der Waals surface area contributed by atoms with Gasteiger partial charge in [0.05, 0.1) is 28.9 Å². The molecule has 0 aliphatic carbocycles. The van der Waals surface area contributed by atoms with E-state index in [2.05, 4.69) is 3.53 Å². The van der Waals surface area contributed by atoms with Crippen LogP contribution in [-0.4, -0.2) is 18.5 Å². The fraction of sp³-hybridized carbons (Fsp3) is 0.667. The molecule has 0 spiro atoms. The molecule has 1 atom stereocenters. The van der Waals surface area contributed by atoms with Crippen LogP contribution in [0.15, 0.2) is 0 Å². The van der Waals surface area contributed by atoms with E-state index in [0.717, 1.165) is 0 Å². The van der Waals surface area contributed by atoms with Crippen LogP contribution in [0.1, 0.15) is 0 Å². The number of nitrogens with one attached hydrogen (secondary N) is 1. The van der Waals surface area contributed by atoms with Gasteiger partial charge in [-0.05, 0) is 0 Å². The van der Waals surface area contributed by atoms with E-state index in [-0.39, 0.29) is 12.5 Å². The average Bonchev–Trinajstić information content (AvgIpc) is 1.84. The molecule has 0 aliphatic heterocycles. The maximum Gasteiger partial charge on any atom is 0.246 e. The lowest BCUT2D eigenvalue weighted by Crippen LogP contribution is -2.42. The monoisotopic (exact) mass is 229 g/mol. The van der Waals surface area contributed by atoms with Gasteiger partial charge < -0.3 is 11.5 Å². The molecule has 1 amide bonds. The molecule has 0 aromatic rings. The second-order valence-corrected chi connectivity index (χ2v) is 1.84. The second-order valence-electron chi connectivity index (χ2n) is 1.30. The number of hydrogen-bond donors (Lipinski definition) is 3. The highest BCUT2D eigenvalue weighted by atomic mass is 127. The first-order chi connectivity index (χ1) is 3.72. The van der Waals surface area contributed by atoms with Crippen LogP contribution in [0.4, 0.5) is 0 Å². The van der Waals surface area contributed by atoms with Crippen LogP contribution in [0.25, 0.3) is 0 Å². The minimum absolute atomic E-state index is 0.189. The molecule has 0 aromatic carbocycles. The lowest BCUT2D eigenvalue weighted by molar-refractivity contribution is -0.119. The van der Waals surface area contributed by atoms with Gasteiger partial charge in [0.1, 0.15) is 0 Å². The summed E-state index contributed by atoms with van der Waals surface area (Å²) in [6.07, 6.45) is 0. The largest absolute Gasteiger partial charge is 0.328 e. The number of nitrogens with two attached hydrogens (primary N) is 2. The molecular weight excluding hydrogens is 221 g/mol. The normalized spacial score (nSPS) is 12.9. The van der Waals surface area contributed by atoms with E-state index in [4.69, 9.17) is 11.5 Å². The first-order valence-electron chi connectivity index (χ1n) is 2.08. The molecule has 0 aromatic heterocycles. The van der Waals surface area contributed by atoms with Crippen LogP contribution in [0, 0.1) is 0 Å². The number of amides is 1. The summed E-state index contributed by atoms with van der Waals surface area (Å²) in [6, 6.07) is -0.563. The highest BCUT2D eigenvalue weighted by molar-refractivity contribution is 14.1. The quantitative estimate of drug-likeness (QED) is 0.408. The van der Waals surface area contributed by atoms with Crippen molar-refractivity contribution in [3.05, 3.63) is 0 Å². The third-order valence-electron chi connectivity index (χ3n) is 0.684. The molecule has 0 unspecified atom stereocenters. The summed E-state index contributed by atoms with van der Waals surface area (Å²) in [5.74, 6) is -0.229. The van der Waals surface area contributed by atoms with Crippen molar-refractivity contribution in [1.82, 2.24) is 3.53 Å². The van der Waals surface area contributed by atoms with Gasteiger partial charge >= 0.3 is 0 Å². The number of carbonyl (C=O) groups is 1. The van der Waals surface area contributed by atoms with E-state index in [1.54, 1.807) is 22.9 Å². The zero-order valence-electron chi connectivity index (χ0n) is 4.23. The predicted molar refractivity (Wildman–Crippen MR) is 39.2 cm³/mol. The molecule has 0 radical (unpaired) electrons. The molecule has 0 aliphatic rings. The van der Waals surface area contributed by atoms with Gasteiger partial charge in [-0.15, -0.1) is 0 Å². The number of carbonyl (C=O) groups excluding carboxylic acids is 1. The van der Waals surface area contributed by atoms with Gasteiger partial charge in [0.2, 0.25) is 5.91 Å². The summed E-state index contributed by atoms with van der Waals surface area (Å²) >= 11 is 1.72. The molecule has 0 saturated heterocycles. The third-order valence-corrected chi connectivity index (χ3v) is 1.22. The van der Waals surface area contributed by atoms with Crippen molar-refractivity contribution in [2.45, 2.75) is 6.04 Å². The smallest absolute Gasteiger partial charge is 0.246 e. The molecular formula is C3H8IN3O. The summed E-state index contributed by atoms with van der Waals surface area (Å²) in [6.45, 7) is 0.189. The standard InChI is InChI=1S/C3H8IN3O/c4-7-3(8)2(6)1-5/h2H,1,5-6H2,(H,7,8)/t2-/m0/s1. The molecule has 48 valence electrons. The summed E-state index contributed by atoms with van der Waals surface area (Å²) in [4.78, 5) is 10.4. The van der Waals surface area contributed by atoms with Gasteiger partial charge in [-0.3, -0.25) is 8.32 Å². The molecule has 0 rings (SSSR count). The van der Waals surface area contributed by atoms with Crippen LogP contribution in [0.3, 0.4) is 0 Å². The van der Waals surface area contributed by atoms with E-state index >= 15 is 0 Å². The molecule has 5 heteroatoms. The Labute approximate surface area is 61.5 Å². The molecule has 0 saturated carbocycles. The van der Waals surface area contributed by atoms with Gasteiger partial charge in [0.25, 0.3) is 0 Å². The molecule has 5 N–H and O–H groups in total. The summed E-state index contributed by atoms with van der Waals surface area (Å²) in [5.41, 5.74) is 10.2. The van der Waals surface area contributed by atoms with Crippen LogP contribution in [0.2, 0.25) is 0 Å². The van der Waals surface area contributed by atoms with Crippen molar-refractivity contribution in [1.29, 1.82) is 0 Å². The maximum absolute atomic E-state index is 10.4. The minimum Gasteiger partial charge on any atom is -0.328 e. The Morgan fingerprint density at radius 3 is 2.50 bits per heavy atom. The van der Waals surface area contributed by atoms with Crippen molar-refractivity contribution in [2.75, 3.05) is 6.54 Å². The topological polar surface area (TPSA) is 81.1 Å². The van der Waals surface area contributed by atoms with E-state index in [0.29, 0.717) is 0 Å². The van der Waals surface area contributed by atoms with E-state index in [1.165, 1.54) is 0 Å². The Morgan fingerprint density at radius 2 is 2.38 bits per heavy atom. The zero-order valence-corrected chi connectivity index (χ0v) is 6.38. The molecule has 0 heterocycles. The van der Waals surface area contributed by atoms with E-state index < -0.39 is 6.04 Å². The average molecular weight is 229 g/mol. The van der Waals surface area contributed by atoms with Crippen LogP contribution < -0.4 is 15.0 Å². The van der Waals surface area contributed by atoms with Crippen molar-refractivity contribution >= 4 is 28.8 Å². The lowest BCUT2D eigenvalue weighted by Gasteiger charge is -2.02. The fourth-order valence-electron chi connectivity index (χ4n) is 0.177. The predicted octanol–water partition coefficient (Wildman–Crippen LogP) is -1.26. The Kier molecular flexibility index (Phi) is 4.11.